The van der Waals surface area contributed by atoms with Crippen LogP contribution in [-0.2, 0) is 14.9 Å². The number of rotatable bonds is 10. The van der Waals surface area contributed by atoms with Gasteiger partial charge in [-0.3, -0.25) is 4.79 Å². The summed E-state index contributed by atoms with van der Waals surface area (Å²) in [6.07, 6.45) is 12.2. The molecule has 0 aromatic heterocycles. The maximum atomic E-state index is 13.8. The van der Waals surface area contributed by atoms with Crippen molar-refractivity contribution in [2.24, 2.45) is 5.92 Å². The average Bonchev–Trinajstić information content (AvgIpc) is 3.05. The van der Waals surface area contributed by atoms with Crippen LogP contribution in [0.1, 0.15) is 118 Å². The van der Waals surface area contributed by atoms with E-state index in [-0.39, 0.29) is 10.2 Å². The van der Waals surface area contributed by atoms with Crippen LogP contribution >= 0.6 is 12.6 Å². The molecule has 1 radical (unpaired) electrons. The van der Waals surface area contributed by atoms with Crippen molar-refractivity contribution in [3.05, 3.63) is 23.8 Å². The van der Waals surface area contributed by atoms with Crippen LogP contribution in [0, 0.1) is 5.92 Å². The van der Waals surface area contributed by atoms with E-state index in [9.17, 15) is 4.79 Å². The first-order chi connectivity index (χ1) is 17.5. The summed E-state index contributed by atoms with van der Waals surface area (Å²) in [5, 5.41) is 3.43. The maximum absolute atomic E-state index is 13.8. The Morgan fingerprint density at radius 3 is 2.22 bits per heavy atom. The number of anilines is 1. The summed E-state index contributed by atoms with van der Waals surface area (Å²) in [5.74, 6) is 1.08. The number of piperidine rings is 1. The minimum atomic E-state index is -0.413. The lowest BCUT2D eigenvalue weighted by Crippen LogP contribution is -2.53. The van der Waals surface area contributed by atoms with Gasteiger partial charge >= 0.3 is 7.48 Å². The second-order valence-electron chi connectivity index (χ2n) is 12.5. The molecule has 0 unspecified atom stereocenters. The van der Waals surface area contributed by atoms with Gasteiger partial charge in [0.25, 0.3) is 0 Å². The van der Waals surface area contributed by atoms with Gasteiger partial charge < -0.3 is 14.9 Å². The van der Waals surface area contributed by atoms with E-state index >= 15 is 0 Å². The van der Waals surface area contributed by atoms with E-state index in [2.05, 4.69) is 76.9 Å². The Labute approximate surface area is 233 Å². The summed E-state index contributed by atoms with van der Waals surface area (Å²) < 4.78 is 5.88. The molecule has 0 bridgehead atoms. The zero-order valence-corrected chi connectivity index (χ0v) is 25.6. The van der Waals surface area contributed by atoms with Gasteiger partial charge in [-0.05, 0) is 84.0 Å². The first kappa shape index (κ1) is 30.6. The summed E-state index contributed by atoms with van der Waals surface area (Å²) in [4.78, 5) is 15.9. The number of fused-ring (bicyclic) bond motifs is 2. The molecule has 0 atom stereocenters. The van der Waals surface area contributed by atoms with Crippen molar-refractivity contribution in [3.63, 3.8) is 0 Å². The number of carbonyl (C=O) groups excluding carboxylic acids is 1. The Bertz CT molecular complexity index is 882. The molecule has 1 spiro atoms. The Kier molecular flexibility index (Phi) is 10.7. The summed E-state index contributed by atoms with van der Waals surface area (Å²) in [5.41, 5.74) is 2.59. The molecule has 1 saturated heterocycles. The first-order valence-corrected chi connectivity index (χ1v) is 15.4. The van der Waals surface area contributed by atoms with Crippen LogP contribution in [0.2, 0.25) is 0 Å². The molecule has 3 aliphatic rings. The zero-order chi connectivity index (χ0) is 27.3. The van der Waals surface area contributed by atoms with Crippen LogP contribution in [0.5, 0.6) is 0 Å². The number of hydrogen-bond acceptors (Lipinski definition) is 4. The average molecular weight is 528 g/mol. The summed E-state index contributed by atoms with van der Waals surface area (Å²) in [6, 6.07) is 6.81. The molecule has 1 aromatic carbocycles. The standard InChI is InChI=1S/C24H36BN2O2S.C7H16/c1-6-16-13-18(14-16)27-20-15-17(25-29-22(2,3)23(4,5)30)7-8-19(20)24(21(27)28)9-11-26-12-10-24;1-3-5-7-6-4-2/h7-8,15-16,18,26,30H,6,9-14H2,1-5H3;3-7H2,1-2H3. The maximum Gasteiger partial charge on any atom is 0.330 e. The Balaban J connectivity index is 0.000000479. The number of unbranched alkanes of at least 4 members (excludes halogenated alkanes) is 4. The highest BCUT2D eigenvalue weighted by Crippen LogP contribution is 2.50. The molecular weight excluding hydrogens is 475 g/mol. The Hall–Kier alpha value is -0.975. The molecule has 2 heterocycles. The van der Waals surface area contributed by atoms with Crippen molar-refractivity contribution < 1.29 is 9.45 Å². The summed E-state index contributed by atoms with van der Waals surface area (Å²) in [6.45, 7) is 16.8. The van der Waals surface area contributed by atoms with Crippen molar-refractivity contribution in [2.75, 3.05) is 18.0 Å². The van der Waals surface area contributed by atoms with Gasteiger partial charge in [0, 0.05) is 16.5 Å². The quantitative estimate of drug-likeness (QED) is 0.206. The highest BCUT2D eigenvalue weighted by atomic mass is 32.1. The van der Waals surface area contributed by atoms with Crippen LogP contribution in [0.25, 0.3) is 0 Å². The SMILES string of the molecule is CCC1CC(N2C(=O)C3(CCNCC3)c3ccc([B]OC(C)(C)C(C)(C)S)cc32)C1.CCCCCCC. The molecule has 4 rings (SSSR count). The van der Waals surface area contributed by atoms with E-state index in [0.29, 0.717) is 11.9 Å². The van der Waals surface area contributed by atoms with Crippen molar-refractivity contribution in [3.8, 4) is 0 Å². The van der Waals surface area contributed by atoms with Gasteiger partial charge in [-0.1, -0.05) is 76.9 Å². The normalized spacial score (nSPS) is 22.8. The minimum absolute atomic E-state index is 0.275. The molecular formula is C31H52BN2O2S. The van der Waals surface area contributed by atoms with E-state index in [1.807, 2.05) is 7.48 Å². The molecule has 1 amide bonds. The number of amides is 1. The molecule has 1 saturated carbocycles. The number of hydrogen-bond donors (Lipinski definition) is 2. The second kappa shape index (κ2) is 12.9. The van der Waals surface area contributed by atoms with Gasteiger partial charge in [0.15, 0.2) is 0 Å². The molecule has 1 aliphatic carbocycles. The van der Waals surface area contributed by atoms with Crippen LogP contribution in [-0.4, -0.2) is 42.9 Å². The van der Waals surface area contributed by atoms with Crippen LogP contribution < -0.4 is 15.7 Å². The highest BCUT2D eigenvalue weighted by Gasteiger charge is 2.54. The Morgan fingerprint density at radius 2 is 1.68 bits per heavy atom. The Morgan fingerprint density at radius 1 is 1.05 bits per heavy atom. The predicted molar refractivity (Wildman–Crippen MR) is 163 cm³/mol. The van der Waals surface area contributed by atoms with Gasteiger partial charge in [-0.25, -0.2) is 0 Å². The van der Waals surface area contributed by atoms with Gasteiger partial charge in [0.05, 0.1) is 11.0 Å². The summed E-state index contributed by atoms with van der Waals surface area (Å²) in [7, 11) is 1.84. The molecule has 2 aliphatic heterocycles. The zero-order valence-electron chi connectivity index (χ0n) is 24.7. The third kappa shape index (κ3) is 6.79. The van der Waals surface area contributed by atoms with Gasteiger partial charge in [-0.2, -0.15) is 12.6 Å². The van der Waals surface area contributed by atoms with Crippen LogP contribution in [0.4, 0.5) is 5.69 Å². The molecule has 207 valence electrons. The third-order valence-corrected chi connectivity index (χ3v) is 9.74. The van der Waals surface area contributed by atoms with Crippen molar-refractivity contribution in [2.45, 2.75) is 134 Å². The fraction of sp³-hybridized carbons (Fsp3) is 0.774. The molecule has 1 aromatic rings. The molecule has 1 N–H and O–H groups in total. The van der Waals surface area contributed by atoms with Crippen LogP contribution in [0.15, 0.2) is 18.2 Å². The van der Waals surface area contributed by atoms with E-state index in [1.165, 1.54) is 44.1 Å². The number of thiol groups is 1. The lowest BCUT2D eigenvalue weighted by molar-refractivity contribution is -0.125. The highest BCUT2D eigenvalue weighted by molar-refractivity contribution is 7.81. The first-order valence-electron chi connectivity index (χ1n) is 14.9. The van der Waals surface area contributed by atoms with Crippen LogP contribution in [0.3, 0.4) is 0 Å². The van der Waals surface area contributed by atoms with E-state index in [0.717, 1.165) is 55.8 Å². The lowest BCUT2D eigenvalue weighted by Gasteiger charge is -2.42. The topological polar surface area (TPSA) is 41.6 Å². The number of carbonyl (C=O) groups is 1. The minimum Gasteiger partial charge on any atom is -0.428 e. The van der Waals surface area contributed by atoms with E-state index in [1.54, 1.807) is 0 Å². The van der Waals surface area contributed by atoms with Gasteiger partial charge in [0.1, 0.15) is 0 Å². The number of nitrogens with zero attached hydrogens (tertiary/aromatic N) is 1. The van der Waals surface area contributed by atoms with Crippen molar-refractivity contribution >= 4 is 37.2 Å². The van der Waals surface area contributed by atoms with Gasteiger partial charge in [-0.15, -0.1) is 0 Å². The van der Waals surface area contributed by atoms with Crippen molar-refractivity contribution in [1.29, 1.82) is 0 Å². The molecule has 4 nitrogen and oxygen atoms in total. The molecule has 6 heteroatoms. The monoisotopic (exact) mass is 527 g/mol. The number of nitrogens with one attached hydrogen (secondary N) is 1. The van der Waals surface area contributed by atoms with E-state index < -0.39 is 5.60 Å². The van der Waals surface area contributed by atoms with Crippen molar-refractivity contribution in [1.82, 2.24) is 5.32 Å². The predicted octanol–water partition coefficient (Wildman–Crippen LogP) is 6.57. The molecule has 37 heavy (non-hydrogen) atoms. The smallest absolute Gasteiger partial charge is 0.330 e. The summed E-state index contributed by atoms with van der Waals surface area (Å²) >= 11 is 4.70. The lowest BCUT2D eigenvalue weighted by atomic mass is 9.73. The largest absolute Gasteiger partial charge is 0.428 e. The van der Waals surface area contributed by atoms with E-state index in [4.69, 9.17) is 17.3 Å². The number of benzene rings is 1. The third-order valence-electron chi connectivity index (χ3n) is 9.21. The second-order valence-corrected chi connectivity index (χ2v) is 13.7. The fourth-order valence-electron chi connectivity index (χ4n) is 5.66. The fourth-order valence-corrected chi connectivity index (χ4v) is 5.71. The molecule has 2 fully saturated rings. The van der Waals surface area contributed by atoms with Gasteiger partial charge in [0.2, 0.25) is 5.91 Å².